The van der Waals surface area contributed by atoms with E-state index < -0.39 is 28.0 Å². The van der Waals surface area contributed by atoms with Crippen molar-refractivity contribution in [2.75, 3.05) is 26.8 Å². The number of hydrogen-bond acceptors (Lipinski definition) is 5. The molecule has 3 unspecified atom stereocenters. The first-order valence-electron chi connectivity index (χ1n) is 9.44. The van der Waals surface area contributed by atoms with Crippen LogP contribution in [0.3, 0.4) is 0 Å². The molecule has 2 aliphatic heterocycles. The van der Waals surface area contributed by atoms with E-state index in [1.54, 1.807) is 4.90 Å². The molecule has 0 aliphatic carbocycles. The fourth-order valence-electron chi connectivity index (χ4n) is 4.22. The molecule has 0 saturated carbocycles. The van der Waals surface area contributed by atoms with Gasteiger partial charge in [-0.3, -0.25) is 9.59 Å². The fourth-order valence-corrected chi connectivity index (χ4v) is 6.81. The maximum atomic E-state index is 13.6. The van der Waals surface area contributed by atoms with Crippen LogP contribution in [-0.2, 0) is 24.3 Å². The zero-order valence-electron chi connectivity index (χ0n) is 16.3. The van der Waals surface area contributed by atoms with Gasteiger partial charge in [-0.15, -0.1) is 0 Å². The number of nitrogens with zero attached hydrogens (tertiary/aromatic N) is 2. The predicted octanol–water partition coefficient (Wildman–Crippen LogP) is 2.60. The molecule has 2 bridgehead atoms. The lowest BCUT2D eigenvalue weighted by molar-refractivity contribution is -0.135. The zero-order valence-corrected chi connectivity index (χ0v) is 18.6. The van der Waals surface area contributed by atoms with Crippen LogP contribution in [0, 0.1) is 5.92 Å². The van der Waals surface area contributed by atoms with Crippen LogP contribution in [-0.4, -0.2) is 68.2 Å². The van der Waals surface area contributed by atoms with Crippen LogP contribution in [0.1, 0.15) is 26.2 Å². The molecule has 2 aliphatic rings. The number of methoxy groups -OCH3 is 1. The van der Waals surface area contributed by atoms with Gasteiger partial charge in [0.15, 0.2) is 0 Å². The summed E-state index contributed by atoms with van der Waals surface area (Å²) in [5.41, 5.74) is 0. The minimum absolute atomic E-state index is 0.0765. The second-order valence-electron chi connectivity index (χ2n) is 7.45. The van der Waals surface area contributed by atoms with Gasteiger partial charge in [0.05, 0.1) is 17.4 Å². The molecule has 0 N–H and O–H groups in total. The van der Waals surface area contributed by atoms with Gasteiger partial charge in [0.25, 0.3) is 0 Å². The lowest BCUT2D eigenvalue weighted by atomic mass is 9.88. The summed E-state index contributed by atoms with van der Waals surface area (Å²) in [6.45, 7) is 2.24. The first kappa shape index (κ1) is 22.5. The highest BCUT2D eigenvalue weighted by Crippen LogP contribution is 2.38. The van der Waals surface area contributed by atoms with E-state index in [2.05, 4.69) is 0 Å². The minimum atomic E-state index is -4.10. The zero-order chi connectivity index (χ0) is 21.3. The number of carbonyl (C=O) groups is 2. The van der Waals surface area contributed by atoms with Crippen molar-refractivity contribution >= 4 is 44.9 Å². The van der Waals surface area contributed by atoms with E-state index in [0.717, 1.165) is 0 Å². The summed E-state index contributed by atoms with van der Waals surface area (Å²) in [4.78, 5) is 27.2. The van der Waals surface area contributed by atoms with Gasteiger partial charge in [-0.1, -0.05) is 23.2 Å². The van der Waals surface area contributed by atoms with E-state index in [9.17, 15) is 18.0 Å². The summed E-state index contributed by atoms with van der Waals surface area (Å²) in [7, 11) is -2.57. The van der Waals surface area contributed by atoms with Gasteiger partial charge in [-0.2, -0.15) is 4.31 Å². The molecule has 0 radical (unpaired) electrons. The molecule has 1 amide bonds. The van der Waals surface area contributed by atoms with Gasteiger partial charge in [0.2, 0.25) is 15.9 Å². The number of rotatable bonds is 6. The van der Waals surface area contributed by atoms with Gasteiger partial charge >= 0.3 is 0 Å². The van der Waals surface area contributed by atoms with Gasteiger partial charge < -0.3 is 9.64 Å². The van der Waals surface area contributed by atoms with Crippen molar-refractivity contribution in [3.05, 3.63) is 28.2 Å². The summed E-state index contributed by atoms with van der Waals surface area (Å²) < 4.78 is 33.5. The number of benzene rings is 1. The summed E-state index contributed by atoms with van der Waals surface area (Å²) in [5.74, 6) is -1.05. The quantitative estimate of drug-likeness (QED) is 0.648. The number of ketones is 1. The van der Waals surface area contributed by atoms with E-state index in [1.807, 2.05) is 0 Å². The molecular weight excluding hydrogens is 439 g/mol. The first-order chi connectivity index (χ1) is 13.7. The normalized spacial score (nSPS) is 25.7. The van der Waals surface area contributed by atoms with Crippen molar-refractivity contribution in [3.8, 4) is 0 Å². The summed E-state index contributed by atoms with van der Waals surface area (Å²) in [5, 5.41) is 0.374. The van der Waals surface area contributed by atoms with Gasteiger partial charge in [0, 0.05) is 36.3 Å². The van der Waals surface area contributed by atoms with E-state index in [-0.39, 0.29) is 33.2 Å². The average molecular weight is 463 g/mol. The van der Waals surface area contributed by atoms with Gasteiger partial charge in [-0.25, -0.2) is 8.42 Å². The summed E-state index contributed by atoms with van der Waals surface area (Å²) >= 11 is 12.1. The molecular formula is C19H24Cl2N2O5S. The number of halogens is 2. The van der Waals surface area contributed by atoms with Crippen molar-refractivity contribution in [3.63, 3.8) is 0 Å². The number of hydrogen-bond donors (Lipinski definition) is 0. The number of piperidine rings is 1. The van der Waals surface area contributed by atoms with E-state index >= 15 is 0 Å². The van der Waals surface area contributed by atoms with E-state index in [0.29, 0.717) is 32.4 Å². The molecule has 2 heterocycles. The van der Waals surface area contributed by atoms with Crippen molar-refractivity contribution in [1.29, 1.82) is 0 Å². The Hall–Kier alpha value is -1.19. The average Bonchev–Trinajstić information content (AvgIpc) is 2.72. The molecule has 1 aromatic rings. The maximum absolute atomic E-state index is 13.6. The lowest BCUT2D eigenvalue weighted by Gasteiger charge is -2.40. The number of amides is 1. The standard InChI is InChI=1S/C19H24Cl2N2O5S/c1-12(24)16-11-22(6-7-28-2)19(25)18-5-3-4-17(16)23(18)29(26,27)15-9-13(20)8-14(21)10-15/h8-10,16-18H,3-7,11H2,1-2H3. The van der Waals surface area contributed by atoms with Crippen LogP contribution >= 0.6 is 23.2 Å². The Morgan fingerprint density at radius 3 is 2.45 bits per heavy atom. The number of Topliss-reactive ketones (excluding diaryl/α,β-unsaturated/α-hetero) is 1. The molecule has 0 aromatic heterocycles. The molecule has 3 rings (SSSR count). The number of fused-ring (bicyclic) bond motifs is 2. The highest BCUT2D eigenvalue weighted by molar-refractivity contribution is 7.89. The van der Waals surface area contributed by atoms with Crippen LogP contribution < -0.4 is 0 Å². The second kappa shape index (κ2) is 8.89. The SMILES string of the molecule is COCCN1CC(C(C)=O)C2CCCC(C1=O)N2S(=O)(=O)c1cc(Cl)cc(Cl)c1. The number of ether oxygens (including phenoxy) is 1. The predicted molar refractivity (Wildman–Crippen MR) is 110 cm³/mol. The Morgan fingerprint density at radius 2 is 1.86 bits per heavy atom. The fraction of sp³-hybridized carbons (Fsp3) is 0.579. The van der Waals surface area contributed by atoms with Crippen LogP contribution in [0.4, 0.5) is 0 Å². The van der Waals surface area contributed by atoms with Gasteiger partial charge in [0.1, 0.15) is 11.8 Å². The molecule has 1 aromatic carbocycles. The Bertz CT molecular complexity index is 888. The van der Waals surface area contributed by atoms with Crippen molar-refractivity contribution in [2.24, 2.45) is 5.92 Å². The number of sulfonamides is 1. The van der Waals surface area contributed by atoms with Crippen molar-refractivity contribution < 1.29 is 22.7 Å². The minimum Gasteiger partial charge on any atom is -0.383 e. The highest BCUT2D eigenvalue weighted by atomic mass is 35.5. The topological polar surface area (TPSA) is 84.0 Å². The molecule has 2 saturated heterocycles. The third-order valence-corrected chi connectivity index (χ3v) is 7.94. The van der Waals surface area contributed by atoms with E-state index in [4.69, 9.17) is 27.9 Å². The lowest BCUT2D eigenvalue weighted by Crippen LogP contribution is -2.55. The molecule has 10 heteroatoms. The third kappa shape index (κ3) is 4.46. The maximum Gasteiger partial charge on any atom is 0.244 e. The molecule has 29 heavy (non-hydrogen) atoms. The van der Waals surface area contributed by atoms with Crippen LogP contribution in [0.25, 0.3) is 0 Å². The number of carbonyl (C=O) groups excluding carboxylic acids is 2. The summed E-state index contributed by atoms with van der Waals surface area (Å²) in [6.07, 6.45) is 1.59. The molecule has 2 fully saturated rings. The molecule has 7 nitrogen and oxygen atoms in total. The third-order valence-electron chi connectivity index (χ3n) is 5.59. The monoisotopic (exact) mass is 462 g/mol. The Balaban J connectivity index is 2.10. The molecule has 0 spiro atoms. The molecule has 160 valence electrons. The second-order valence-corrected chi connectivity index (χ2v) is 10.2. The smallest absolute Gasteiger partial charge is 0.244 e. The highest BCUT2D eigenvalue weighted by Gasteiger charge is 2.51. The van der Waals surface area contributed by atoms with Crippen molar-refractivity contribution in [2.45, 2.75) is 43.2 Å². The largest absolute Gasteiger partial charge is 0.383 e. The Morgan fingerprint density at radius 1 is 1.21 bits per heavy atom. The van der Waals surface area contributed by atoms with Crippen LogP contribution in [0.2, 0.25) is 10.0 Å². The van der Waals surface area contributed by atoms with E-state index in [1.165, 1.54) is 36.5 Å². The molecule has 3 atom stereocenters. The van der Waals surface area contributed by atoms with Gasteiger partial charge in [-0.05, 0) is 44.4 Å². The van der Waals surface area contributed by atoms with Crippen molar-refractivity contribution in [1.82, 2.24) is 9.21 Å². The van der Waals surface area contributed by atoms with Crippen LogP contribution in [0.5, 0.6) is 0 Å². The Labute approximate surface area is 180 Å². The Kier molecular flexibility index (Phi) is 6.90. The summed E-state index contributed by atoms with van der Waals surface area (Å²) in [6, 6.07) is 2.63. The van der Waals surface area contributed by atoms with Crippen LogP contribution in [0.15, 0.2) is 23.1 Å². The first-order valence-corrected chi connectivity index (χ1v) is 11.6.